The van der Waals surface area contributed by atoms with Gasteiger partial charge in [-0.3, -0.25) is 9.69 Å². The molecule has 0 bridgehead atoms. The Bertz CT molecular complexity index is 500. The third-order valence-electron chi connectivity index (χ3n) is 4.53. The van der Waals surface area contributed by atoms with Gasteiger partial charge in [-0.05, 0) is 24.9 Å². The van der Waals surface area contributed by atoms with E-state index in [0.29, 0.717) is 6.54 Å². The molecule has 0 spiro atoms. The summed E-state index contributed by atoms with van der Waals surface area (Å²) in [5, 5.41) is 22.0. The van der Waals surface area contributed by atoms with Gasteiger partial charge in [-0.1, -0.05) is 30.3 Å². The number of benzene rings is 1. The molecule has 0 aliphatic carbocycles. The number of aryl methyl sites for hydroxylation is 1. The summed E-state index contributed by atoms with van der Waals surface area (Å²) in [5.41, 5.74) is 1.19. The van der Waals surface area contributed by atoms with Crippen LogP contribution >= 0.6 is 0 Å². The number of hydrogen-bond acceptors (Lipinski definition) is 4. The van der Waals surface area contributed by atoms with Gasteiger partial charge in [-0.15, -0.1) is 0 Å². The fourth-order valence-electron chi connectivity index (χ4n) is 3.24. The first-order valence-corrected chi connectivity index (χ1v) is 8.01. The second-order valence-electron chi connectivity index (χ2n) is 5.96. The number of alkyl halides is 1. The van der Waals surface area contributed by atoms with E-state index in [2.05, 4.69) is 5.32 Å². The number of halogens is 1. The summed E-state index contributed by atoms with van der Waals surface area (Å²) in [6.07, 6.45) is -1.21. The highest BCUT2D eigenvalue weighted by atomic mass is 19.1. The first-order chi connectivity index (χ1) is 11.1. The number of carbonyl (C=O) groups excluding carboxylic acids is 1. The molecule has 1 aliphatic rings. The topological polar surface area (TPSA) is 72.8 Å². The lowest BCUT2D eigenvalue weighted by molar-refractivity contribution is -0.122. The van der Waals surface area contributed by atoms with Gasteiger partial charge in [0.15, 0.2) is 0 Å². The van der Waals surface area contributed by atoms with Gasteiger partial charge < -0.3 is 15.5 Å². The lowest BCUT2D eigenvalue weighted by Crippen LogP contribution is -2.43. The summed E-state index contributed by atoms with van der Waals surface area (Å²) >= 11 is 0. The molecule has 128 valence electrons. The lowest BCUT2D eigenvalue weighted by atomic mass is 10.1. The van der Waals surface area contributed by atoms with E-state index in [1.54, 1.807) is 4.90 Å². The molecule has 4 atom stereocenters. The maximum atomic E-state index is 14.3. The van der Waals surface area contributed by atoms with Crippen LogP contribution in [0, 0.1) is 0 Å². The average molecular weight is 324 g/mol. The third-order valence-corrected chi connectivity index (χ3v) is 4.53. The van der Waals surface area contributed by atoms with E-state index in [0.717, 1.165) is 12.8 Å². The van der Waals surface area contributed by atoms with Crippen LogP contribution in [0.25, 0.3) is 0 Å². The lowest BCUT2D eigenvalue weighted by Gasteiger charge is -2.29. The van der Waals surface area contributed by atoms with Gasteiger partial charge in [0, 0.05) is 13.5 Å². The van der Waals surface area contributed by atoms with Crippen molar-refractivity contribution >= 4 is 5.91 Å². The number of carbonyl (C=O) groups is 1. The van der Waals surface area contributed by atoms with E-state index < -0.39 is 24.4 Å². The Morgan fingerprint density at radius 1 is 1.30 bits per heavy atom. The van der Waals surface area contributed by atoms with Crippen molar-refractivity contribution in [2.75, 3.05) is 20.2 Å². The van der Waals surface area contributed by atoms with Crippen molar-refractivity contribution in [3.63, 3.8) is 0 Å². The zero-order valence-electron chi connectivity index (χ0n) is 13.4. The molecule has 0 saturated carbocycles. The standard InChI is InChI=1S/C17H25FN2O3/c1-19-15(22)10-13-16(18)17(23)14(11-21)20(13)9-5-8-12-6-3-2-4-7-12/h2-4,6-7,13-14,16-17,21,23H,5,8-11H2,1H3,(H,19,22). The molecule has 6 heteroatoms. The van der Waals surface area contributed by atoms with Crippen LogP contribution in [-0.4, -0.2) is 65.6 Å². The van der Waals surface area contributed by atoms with Crippen LogP contribution in [0.2, 0.25) is 0 Å². The fraction of sp³-hybridized carbons (Fsp3) is 0.588. The number of nitrogens with one attached hydrogen (secondary N) is 1. The summed E-state index contributed by atoms with van der Waals surface area (Å²) in [5.74, 6) is -0.267. The number of likely N-dealkylation sites (tertiary alicyclic amines) is 1. The van der Waals surface area contributed by atoms with Gasteiger partial charge in [0.05, 0.1) is 18.7 Å². The number of nitrogens with zero attached hydrogens (tertiary/aromatic N) is 1. The summed E-state index contributed by atoms with van der Waals surface area (Å²) in [7, 11) is 1.50. The van der Waals surface area contributed by atoms with Gasteiger partial charge in [0.25, 0.3) is 0 Å². The third kappa shape index (κ3) is 4.28. The molecule has 4 unspecified atom stereocenters. The van der Waals surface area contributed by atoms with Gasteiger partial charge >= 0.3 is 0 Å². The molecule has 1 saturated heterocycles. The minimum Gasteiger partial charge on any atom is -0.395 e. The maximum Gasteiger partial charge on any atom is 0.221 e. The minimum atomic E-state index is -1.53. The summed E-state index contributed by atoms with van der Waals surface area (Å²) in [6.45, 7) is 0.205. The molecule has 1 aliphatic heterocycles. The summed E-state index contributed by atoms with van der Waals surface area (Å²) in [4.78, 5) is 13.4. The van der Waals surface area contributed by atoms with E-state index in [9.17, 15) is 19.4 Å². The monoisotopic (exact) mass is 324 g/mol. The first kappa shape index (κ1) is 17.8. The summed E-state index contributed by atoms with van der Waals surface area (Å²) < 4.78 is 14.3. The van der Waals surface area contributed by atoms with Crippen LogP contribution in [0.4, 0.5) is 4.39 Å². The second kappa shape index (κ2) is 8.38. The molecule has 1 heterocycles. The predicted octanol–water partition coefficient (Wildman–Crippen LogP) is 0.499. The summed E-state index contributed by atoms with van der Waals surface area (Å²) in [6, 6.07) is 8.60. The van der Waals surface area contributed by atoms with E-state index in [1.807, 2.05) is 30.3 Å². The first-order valence-electron chi connectivity index (χ1n) is 8.01. The van der Waals surface area contributed by atoms with E-state index in [4.69, 9.17) is 0 Å². The molecule has 1 fully saturated rings. The molecule has 1 aromatic carbocycles. The van der Waals surface area contributed by atoms with Crippen LogP contribution in [-0.2, 0) is 11.2 Å². The fourth-order valence-corrected chi connectivity index (χ4v) is 3.24. The van der Waals surface area contributed by atoms with Crippen LogP contribution in [0.5, 0.6) is 0 Å². The molecular weight excluding hydrogens is 299 g/mol. The quantitative estimate of drug-likeness (QED) is 0.683. The number of rotatable bonds is 7. The maximum absolute atomic E-state index is 14.3. The SMILES string of the molecule is CNC(=O)CC1C(F)C(O)C(CO)N1CCCc1ccccc1. The molecule has 0 radical (unpaired) electrons. The second-order valence-corrected chi connectivity index (χ2v) is 5.96. The Kier molecular flexibility index (Phi) is 6.50. The largest absolute Gasteiger partial charge is 0.395 e. The normalized spacial score (nSPS) is 28.0. The Morgan fingerprint density at radius 3 is 2.61 bits per heavy atom. The molecule has 2 rings (SSSR count). The van der Waals surface area contributed by atoms with Crippen LogP contribution in [0.15, 0.2) is 30.3 Å². The van der Waals surface area contributed by atoms with Crippen molar-refractivity contribution in [1.29, 1.82) is 0 Å². The number of aliphatic hydroxyl groups is 2. The van der Waals surface area contributed by atoms with Crippen molar-refractivity contribution in [1.82, 2.24) is 10.2 Å². The van der Waals surface area contributed by atoms with Crippen molar-refractivity contribution in [3.8, 4) is 0 Å². The molecule has 23 heavy (non-hydrogen) atoms. The van der Waals surface area contributed by atoms with Crippen LogP contribution in [0.1, 0.15) is 18.4 Å². The predicted molar refractivity (Wildman–Crippen MR) is 85.7 cm³/mol. The molecule has 1 aromatic rings. The van der Waals surface area contributed by atoms with Crippen LogP contribution < -0.4 is 5.32 Å². The van der Waals surface area contributed by atoms with Gasteiger partial charge in [0.1, 0.15) is 12.3 Å². The van der Waals surface area contributed by atoms with Crippen molar-refractivity contribution in [3.05, 3.63) is 35.9 Å². The van der Waals surface area contributed by atoms with Crippen molar-refractivity contribution in [2.45, 2.75) is 43.6 Å². The number of amides is 1. The highest BCUT2D eigenvalue weighted by molar-refractivity contribution is 5.76. The Balaban J connectivity index is 2.00. The van der Waals surface area contributed by atoms with Gasteiger partial charge in [-0.2, -0.15) is 0 Å². The van der Waals surface area contributed by atoms with E-state index >= 15 is 0 Å². The van der Waals surface area contributed by atoms with Crippen molar-refractivity contribution < 1.29 is 19.4 Å². The smallest absolute Gasteiger partial charge is 0.221 e. The molecule has 5 nitrogen and oxygen atoms in total. The molecule has 3 N–H and O–H groups in total. The molecular formula is C17H25FN2O3. The zero-order chi connectivity index (χ0) is 16.8. The minimum absolute atomic E-state index is 0.0173. The number of aliphatic hydroxyl groups excluding tert-OH is 2. The molecule has 1 amide bonds. The van der Waals surface area contributed by atoms with Crippen molar-refractivity contribution in [2.24, 2.45) is 0 Å². The Hall–Kier alpha value is -1.50. The highest BCUT2D eigenvalue weighted by Gasteiger charge is 2.48. The van der Waals surface area contributed by atoms with E-state index in [1.165, 1.54) is 12.6 Å². The number of hydrogen-bond donors (Lipinski definition) is 3. The average Bonchev–Trinajstić information content (AvgIpc) is 2.80. The van der Waals surface area contributed by atoms with Crippen LogP contribution in [0.3, 0.4) is 0 Å². The van der Waals surface area contributed by atoms with Gasteiger partial charge in [-0.25, -0.2) is 4.39 Å². The zero-order valence-corrected chi connectivity index (χ0v) is 13.4. The molecule has 0 aromatic heterocycles. The van der Waals surface area contributed by atoms with Gasteiger partial charge in [0.2, 0.25) is 5.91 Å². The van der Waals surface area contributed by atoms with E-state index in [-0.39, 0.29) is 18.9 Å². The highest BCUT2D eigenvalue weighted by Crippen LogP contribution is 2.30. The Labute approximate surface area is 136 Å². The Morgan fingerprint density at radius 2 is 2.00 bits per heavy atom.